The third-order valence-electron chi connectivity index (χ3n) is 2.46. The molecule has 0 aliphatic carbocycles. The first-order chi connectivity index (χ1) is 9.16. The van der Waals surface area contributed by atoms with E-state index < -0.39 is 0 Å². The van der Waals surface area contributed by atoms with Crippen LogP contribution in [0.3, 0.4) is 0 Å². The van der Waals surface area contributed by atoms with Crippen molar-refractivity contribution >= 4 is 39.9 Å². The van der Waals surface area contributed by atoms with Crippen molar-refractivity contribution in [3.8, 4) is 0 Å². The van der Waals surface area contributed by atoms with Gasteiger partial charge in [-0.05, 0) is 46.9 Å². The number of hydrogen-bond acceptors (Lipinski definition) is 2. The first-order valence-corrected chi connectivity index (χ1v) is 6.77. The van der Waals surface area contributed by atoms with E-state index in [1.54, 1.807) is 18.2 Å². The summed E-state index contributed by atoms with van der Waals surface area (Å²) in [5, 5.41) is 5.53. The standard InChI is InChI=1S/C14H12FIN2O/c15-10-5-1-3-7-12(10)17-9-14(19)18-13-8-4-2-6-11(13)16/h1-8,17H,9H2,(H,18,19). The number of anilines is 2. The molecule has 98 valence electrons. The number of carbonyl (C=O) groups excluding carboxylic acids is 1. The fourth-order valence-electron chi connectivity index (χ4n) is 1.54. The summed E-state index contributed by atoms with van der Waals surface area (Å²) in [6, 6.07) is 13.7. The number of amides is 1. The van der Waals surface area contributed by atoms with Crippen molar-refractivity contribution < 1.29 is 9.18 Å². The van der Waals surface area contributed by atoms with Crippen LogP contribution < -0.4 is 10.6 Å². The third-order valence-corrected chi connectivity index (χ3v) is 3.40. The Hall–Kier alpha value is -1.63. The molecule has 0 atom stereocenters. The molecule has 0 aliphatic rings. The minimum atomic E-state index is -0.371. The first kappa shape index (κ1) is 13.8. The van der Waals surface area contributed by atoms with Gasteiger partial charge in [-0.25, -0.2) is 4.39 Å². The van der Waals surface area contributed by atoms with Crippen LogP contribution >= 0.6 is 22.6 Å². The molecule has 2 aromatic rings. The third kappa shape index (κ3) is 3.92. The largest absolute Gasteiger partial charge is 0.374 e. The maximum Gasteiger partial charge on any atom is 0.243 e. The number of para-hydroxylation sites is 2. The van der Waals surface area contributed by atoms with Gasteiger partial charge in [0.05, 0.1) is 17.9 Å². The monoisotopic (exact) mass is 370 g/mol. The van der Waals surface area contributed by atoms with E-state index in [-0.39, 0.29) is 18.3 Å². The number of halogens is 2. The van der Waals surface area contributed by atoms with Crippen LogP contribution in [-0.2, 0) is 4.79 Å². The second-order valence-corrected chi connectivity index (χ2v) is 5.02. The average Bonchev–Trinajstić information content (AvgIpc) is 2.40. The topological polar surface area (TPSA) is 41.1 Å². The molecule has 2 rings (SSSR count). The SMILES string of the molecule is O=C(CNc1ccccc1F)Nc1ccccc1I. The maximum atomic E-state index is 13.3. The van der Waals surface area contributed by atoms with Crippen LogP contribution in [0.1, 0.15) is 0 Å². The molecule has 3 nitrogen and oxygen atoms in total. The van der Waals surface area contributed by atoms with E-state index in [9.17, 15) is 9.18 Å². The molecule has 0 bridgehead atoms. The van der Waals surface area contributed by atoms with Gasteiger partial charge in [0, 0.05) is 3.57 Å². The Morgan fingerprint density at radius 3 is 2.37 bits per heavy atom. The second kappa shape index (κ2) is 6.51. The van der Waals surface area contributed by atoms with E-state index in [1.165, 1.54) is 6.07 Å². The van der Waals surface area contributed by atoms with Crippen LogP contribution in [0, 0.1) is 9.39 Å². The van der Waals surface area contributed by atoms with Crippen molar-refractivity contribution in [1.82, 2.24) is 0 Å². The van der Waals surface area contributed by atoms with Crippen molar-refractivity contribution in [1.29, 1.82) is 0 Å². The lowest BCUT2D eigenvalue weighted by Gasteiger charge is -2.09. The Bertz CT molecular complexity index is 589. The Balaban J connectivity index is 1.92. The van der Waals surface area contributed by atoms with Gasteiger partial charge in [0.15, 0.2) is 0 Å². The molecule has 0 saturated carbocycles. The molecule has 19 heavy (non-hydrogen) atoms. The van der Waals surface area contributed by atoms with Crippen molar-refractivity contribution in [2.75, 3.05) is 17.2 Å². The Labute approximate surface area is 124 Å². The van der Waals surface area contributed by atoms with Crippen LogP contribution in [0.2, 0.25) is 0 Å². The first-order valence-electron chi connectivity index (χ1n) is 5.69. The number of hydrogen-bond donors (Lipinski definition) is 2. The highest BCUT2D eigenvalue weighted by molar-refractivity contribution is 14.1. The van der Waals surface area contributed by atoms with E-state index in [4.69, 9.17) is 0 Å². The van der Waals surface area contributed by atoms with E-state index in [1.807, 2.05) is 24.3 Å². The predicted molar refractivity (Wildman–Crippen MR) is 82.7 cm³/mol. The summed E-state index contributed by atoms with van der Waals surface area (Å²) in [4.78, 5) is 11.7. The van der Waals surface area contributed by atoms with Crippen LogP contribution in [-0.4, -0.2) is 12.5 Å². The normalized spacial score (nSPS) is 10.0. The van der Waals surface area contributed by atoms with Gasteiger partial charge in [-0.1, -0.05) is 24.3 Å². The number of nitrogens with one attached hydrogen (secondary N) is 2. The van der Waals surface area contributed by atoms with Gasteiger partial charge in [-0.3, -0.25) is 4.79 Å². The van der Waals surface area contributed by atoms with Crippen molar-refractivity contribution in [2.24, 2.45) is 0 Å². The molecule has 0 heterocycles. The quantitative estimate of drug-likeness (QED) is 0.810. The molecule has 1 amide bonds. The zero-order chi connectivity index (χ0) is 13.7. The van der Waals surface area contributed by atoms with Gasteiger partial charge in [0.2, 0.25) is 5.91 Å². The smallest absolute Gasteiger partial charge is 0.243 e. The summed E-state index contributed by atoms with van der Waals surface area (Å²) in [6.07, 6.45) is 0. The summed E-state index contributed by atoms with van der Waals surface area (Å²) in [5.41, 5.74) is 1.07. The van der Waals surface area contributed by atoms with Crippen molar-refractivity contribution in [3.05, 3.63) is 57.9 Å². The highest BCUT2D eigenvalue weighted by atomic mass is 127. The molecule has 0 unspecified atom stereocenters. The average molecular weight is 370 g/mol. The summed E-state index contributed by atoms with van der Waals surface area (Å²) >= 11 is 2.14. The molecule has 0 aliphatic heterocycles. The predicted octanol–water partition coefficient (Wildman–Crippen LogP) is 3.48. The highest BCUT2D eigenvalue weighted by Gasteiger charge is 2.06. The fourth-order valence-corrected chi connectivity index (χ4v) is 2.06. The molecule has 0 aromatic heterocycles. The molecule has 2 aromatic carbocycles. The Morgan fingerprint density at radius 1 is 1.05 bits per heavy atom. The summed E-state index contributed by atoms with van der Waals surface area (Å²) in [6.45, 7) is 0.0197. The molecule has 0 radical (unpaired) electrons. The molecule has 0 spiro atoms. The molecule has 2 N–H and O–H groups in total. The molecular weight excluding hydrogens is 358 g/mol. The van der Waals surface area contributed by atoms with E-state index >= 15 is 0 Å². The van der Waals surface area contributed by atoms with Crippen molar-refractivity contribution in [3.63, 3.8) is 0 Å². The van der Waals surface area contributed by atoms with E-state index in [0.29, 0.717) is 5.69 Å². The molecular formula is C14H12FIN2O. The minimum absolute atomic E-state index is 0.0197. The zero-order valence-electron chi connectivity index (χ0n) is 9.99. The van der Waals surface area contributed by atoms with Crippen molar-refractivity contribution in [2.45, 2.75) is 0 Å². The summed E-state index contributed by atoms with van der Waals surface area (Å²) < 4.78 is 14.3. The van der Waals surface area contributed by atoms with Gasteiger partial charge in [0.1, 0.15) is 5.82 Å². The van der Waals surface area contributed by atoms with E-state index in [2.05, 4.69) is 33.2 Å². The lowest BCUT2D eigenvalue weighted by Crippen LogP contribution is -2.22. The van der Waals surface area contributed by atoms with Crippen LogP contribution in [0.4, 0.5) is 15.8 Å². The van der Waals surface area contributed by atoms with Gasteiger partial charge >= 0.3 is 0 Å². The minimum Gasteiger partial charge on any atom is -0.374 e. The molecule has 0 fully saturated rings. The lowest BCUT2D eigenvalue weighted by atomic mass is 10.3. The molecule has 5 heteroatoms. The van der Waals surface area contributed by atoms with Crippen LogP contribution in [0.5, 0.6) is 0 Å². The van der Waals surface area contributed by atoms with Gasteiger partial charge in [-0.15, -0.1) is 0 Å². The zero-order valence-corrected chi connectivity index (χ0v) is 12.1. The highest BCUT2D eigenvalue weighted by Crippen LogP contribution is 2.17. The Kier molecular flexibility index (Phi) is 4.73. The van der Waals surface area contributed by atoms with Gasteiger partial charge < -0.3 is 10.6 Å². The Morgan fingerprint density at radius 2 is 1.68 bits per heavy atom. The summed E-state index contributed by atoms with van der Waals surface area (Å²) in [5.74, 6) is -0.586. The number of rotatable bonds is 4. The maximum absolute atomic E-state index is 13.3. The number of benzene rings is 2. The summed E-state index contributed by atoms with van der Waals surface area (Å²) in [7, 11) is 0. The van der Waals surface area contributed by atoms with Crippen LogP contribution in [0.25, 0.3) is 0 Å². The van der Waals surface area contributed by atoms with Gasteiger partial charge in [-0.2, -0.15) is 0 Å². The van der Waals surface area contributed by atoms with Crippen LogP contribution in [0.15, 0.2) is 48.5 Å². The lowest BCUT2D eigenvalue weighted by molar-refractivity contribution is -0.114. The van der Waals surface area contributed by atoms with Gasteiger partial charge in [0.25, 0.3) is 0 Å². The fraction of sp³-hybridized carbons (Fsp3) is 0.0714. The second-order valence-electron chi connectivity index (χ2n) is 3.86. The van der Waals surface area contributed by atoms with E-state index in [0.717, 1.165) is 9.26 Å². The molecule has 0 saturated heterocycles. The number of carbonyl (C=O) groups is 1.